The van der Waals surface area contributed by atoms with Gasteiger partial charge in [0.2, 0.25) is 11.8 Å². The second-order valence-electron chi connectivity index (χ2n) is 6.70. The summed E-state index contributed by atoms with van der Waals surface area (Å²) in [5.74, 6) is -0.458. The minimum Gasteiger partial charge on any atom is -0.375 e. The van der Waals surface area contributed by atoms with Crippen LogP contribution in [0.25, 0.3) is 0 Å². The summed E-state index contributed by atoms with van der Waals surface area (Å²) in [6, 6.07) is 12.9. The van der Waals surface area contributed by atoms with Crippen LogP contribution in [0.15, 0.2) is 42.5 Å². The maximum absolute atomic E-state index is 12.4. The molecule has 2 rings (SSSR count). The second-order valence-corrected chi connectivity index (χ2v) is 6.70. The topological polar surface area (TPSA) is 84.5 Å². The summed E-state index contributed by atoms with van der Waals surface area (Å²) >= 11 is 0. The summed E-state index contributed by atoms with van der Waals surface area (Å²) in [5, 5.41) is 5.53. The highest BCUT2D eigenvalue weighted by molar-refractivity contribution is 5.99. The van der Waals surface area contributed by atoms with Crippen LogP contribution in [-0.2, 0) is 20.9 Å². The third-order valence-corrected chi connectivity index (χ3v) is 4.25. The zero-order valence-corrected chi connectivity index (χ0v) is 16.5. The van der Waals surface area contributed by atoms with Gasteiger partial charge in [-0.05, 0) is 43.2 Å². The molecule has 28 heavy (non-hydrogen) atoms. The lowest BCUT2D eigenvalue weighted by atomic mass is 9.99. The molecule has 6 nitrogen and oxygen atoms in total. The number of hydrogen-bond acceptors (Lipinski definition) is 4. The van der Waals surface area contributed by atoms with E-state index in [9.17, 15) is 14.4 Å². The monoisotopic (exact) mass is 382 g/mol. The van der Waals surface area contributed by atoms with Crippen molar-refractivity contribution >= 4 is 23.3 Å². The van der Waals surface area contributed by atoms with Crippen LogP contribution >= 0.6 is 0 Å². The van der Waals surface area contributed by atoms with Gasteiger partial charge in [0.15, 0.2) is 5.78 Å². The van der Waals surface area contributed by atoms with E-state index in [4.69, 9.17) is 4.74 Å². The molecule has 0 spiro atoms. The van der Waals surface area contributed by atoms with Gasteiger partial charge in [-0.15, -0.1) is 0 Å². The SMILES string of the molecule is COCC(=O)Nc1cccc(CNC(=O)CCC(=O)c2cc(C)ccc2C)c1. The van der Waals surface area contributed by atoms with E-state index < -0.39 is 0 Å². The van der Waals surface area contributed by atoms with Gasteiger partial charge in [-0.1, -0.05) is 29.8 Å². The molecule has 0 aliphatic carbocycles. The molecule has 6 heteroatoms. The number of carbonyl (C=O) groups excluding carboxylic acids is 3. The van der Waals surface area contributed by atoms with E-state index in [-0.39, 0.29) is 37.0 Å². The molecule has 2 aromatic rings. The number of amides is 2. The van der Waals surface area contributed by atoms with Crippen LogP contribution in [0.3, 0.4) is 0 Å². The molecule has 2 amide bonds. The first kappa shape index (κ1) is 21.3. The van der Waals surface area contributed by atoms with Crippen molar-refractivity contribution in [3.63, 3.8) is 0 Å². The van der Waals surface area contributed by atoms with E-state index in [2.05, 4.69) is 10.6 Å². The first-order chi connectivity index (χ1) is 13.4. The number of ketones is 1. The highest BCUT2D eigenvalue weighted by Gasteiger charge is 2.12. The number of anilines is 1. The van der Waals surface area contributed by atoms with Crippen LogP contribution in [0, 0.1) is 13.8 Å². The standard InChI is InChI=1S/C22H26N2O4/c1-15-7-8-16(2)19(11-15)20(25)9-10-21(26)23-13-17-5-4-6-18(12-17)24-22(27)14-28-3/h4-8,11-12H,9-10,13-14H2,1-3H3,(H,23,26)(H,24,27). The Hall–Kier alpha value is -2.99. The molecule has 0 fully saturated rings. The van der Waals surface area contributed by atoms with E-state index in [0.717, 1.165) is 16.7 Å². The number of aryl methyl sites for hydroxylation is 2. The molecule has 148 valence electrons. The summed E-state index contributed by atoms with van der Waals surface area (Å²) in [7, 11) is 1.45. The number of Topliss-reactive ketones (excluding diaryl/α,β-unsaturated/α-hetero) is 1. The van der Waals surface area contributed by atoms with Crippen molar-refractivity contribution < 1.29 is 19.1 Å². The highest BCUT2D eigenvalue weighted by Crippen LogP contribution is 2.14. The van der Waals surface area contributed by atoms with Gasteiger partial charge in [-0.2, -0.15) is 0 Å². The van der Waals surface area contributed by atoms with E-state index in [1.54, 1.807) is 18.2 Å². The van der Waals surface area contributed by atoms with E-state index in [1.165, 1.54) is 7.11 Å². The number of hydrogen-bond donors (Lipinski definition) is 2. The number of benzene rings is 2. The molecule has 0 bridgehead atoms. The third kappa shape index (κ3) is 6.63. The lowest BCUT2D eigenvalue weighted by Gasteiger charge is -2.09. The predicted octanol–water partition coefficient (Wildman–Crippen LogP) is 3.17. The van der Waals surface area contributed by atoms with Gasteiger partial charge in [-0.25, -0.2) is 0 Å². The predicted molar refractivity (Wildman–Crippen MR) is 108 cm³/mol. The van der Waals surface area contributed by atoms with Gasteiger partial charge < -0.3 is 15.4 Å². The first-order valence-corrected chi connectivity index (χ1v) is 9.14. The molecule has 0 saturated carbocycles. The van der Waals surface area contributed by atoms with Crippen LogP contribution in [0.5, 0.6) is 0 Å². The van der Waals surface area contributed by atoms with Gasteiger partial charge >= 0.3 is 0 Å². The largest absolute Gasteiger partial charge is 0.375 e. The fraction of sp³-hybridized carbons (Fsp3) is 0.318. The molecule has 0 radical (unpaired) electrons. The summed E-state index contributed by atoms with van der Waals surface area (Å²) in [5.41, 5.74) is 4.11. The Balaban J connectivity index is 1.83. The molecule has 0 heterocycles. The molecule has 0 atom stereocenters. The number of methoxy groups -OCH3 is 1. The van der Waals surface area contributed by atoms with E-state index in [0.29, 0.717) is 17.8 Å². The highest BCUT2D eigenvalue weighted by atomic mass is 16.5. The molecule has 0 unspecified atom stereocenters. The quantitative estimate of drug-likeness (QED) is 0.653. The summed E-state index contributed by atoms with van der Waals surface area (Å²) < 4.78 is 4.78. The Labute approximate surface area is 165 Å². The zero-order chi connectivity index (χ0) is 20.5. The average molecular weight is 382 g/mol. The van der Waals surface area contributed by atoms with Gasteiger partial charge in [0.25, 0.3) is 0 Å². The lowest BCUT2D eigenvalue weighted by molar-refractivity contribution is -0.121. The van der Waals surface area contributed by atoms with Crippen molar-refractivity contribution in [1.29, 1.82) is 0 Å². The Morgan fingerprint density at radius 1 is 0.964 bits per heavy atom. The van der Waals surface area contributed by atoms with Crippen molar-refractivity contribution in [2.75, 3.05) is 19.0 Å². The number of carbonyl (C=O) groups is 3. The number of nitrogens with one attached hydrogen (secondary N) is 2. The normalized spacial score (nSPS) is 10.4. The van der Waals surface area contributed by atoms with Crippen LogP contribution in [-0.4, -0.2) is 31.3 Å². The van der Waals surface area contributed by atoms with Crippen molar-refractivity contribution in [2.45, 2.75) is 33.2 Å². The molecule has 0 aliphatic rings. The smallest absolute Gasteiger partial charge is 0.250 e. The molecule has 2 aromatic carbocycles. The molecule has 0 aromatic heterocycles. The lowest BCUT2D eigenvalue weighted by Crippen LogP contribution is -2.23. The summed E-state index contributed by atoms with van der Waals surface area (Å²) in [4.78, 5) is 36.0. The molecule has 0 saturated heterocycles. The number of rotatable bonds is 9. The van der Waals surface area contributed by atoms with Gasteiger partial charge in [0.1, 0.15) is 6.61 Å². The minimum atomic E-state index is -0.242. The van der Waals surface area contributed by atoms with Gasteiger partial charge in [0, 0.05) is 37.7 Å². The Kier molecular flexibility index (Phi) is 7.89. The Morgan fingerprint density at radius 3 is 2.50 bits per heavy atom. The van der Waals surface area contributed by atoms with Crippen LogP contribution in [0.1, 0.15) is 39.9 Å². The van der Waals surface area contributed by atoms with Gasteiger partial charge in [-0.3, -0.25) is 14.4 Å². The fourth-order valence-corrected chi connectivity index (χ4v) is 2.77. The molecule has 0 aliphatic heterocycles. The summed E-state index contributed by atoms with van der Waals surface area (Å²) in [6.45, 7) is 4.14. The van der Waals surface area contributed by atoms with Crippen molar-refractivity contribution in [1.82, 2.24) is 5.32 Å². The van der Waals surface area contributed by atoms with E-state index in [1.807, 2.05) is 38.1 Å². The van der Waals surface area contributed by atoms with Crippen LogP contribution in [0.4, 0.5) is 5.69 Å². The third-order valence-electron chi connectivity index (χ3n) is 4.25. The van der Waals surface area contributed by atoms with Crippen molar-refractivity contribution in [3.05, 3.63) is 64.7 Å². The Bertz CT molecular complexity index is 861. The van der Waals surface area contributed by atoms with Crippen molar-refractivity contribution in [2.24, 2.45) is 0 Å². The van der Waals surface area contributed by atoms with E-state index >= 15 is 0 Å². The number of ether oxygens (including phenoxy) is 1. The Morgan fingerprint density at radius 2 is 1.75 bits per heavy atom. The maximum Gasteiger partial charge on any atom is 0.250 e. The second kappa shape index (κ2) is 10.4. The average Bonchev–Trinajstić information content (AvgIpc) is 2.66. The first-order valence-electron chi connectivity index (χ1n) is 9.14. The molecular formula is C22H26N2O4. The summed E-state index contributed by atoms with van der Waals surface area (Å²) in [6.07, 6.45) is 0.305. The zero-order valence-electron chi connectivity index (χ0n) is 16.5. The van der Waals surface area contributed by atoms with Gasteiger partial charge in [0.05, 0.1) is 0 Å². The van der Waals surface area contributed by atoms with Crippen LogP contribution in [0.2, 0.25) is 0 Å². The molecular weight excluding hydrogens is 356 g/mol. The van der Waals surface area contributed by atoms with Crippen molar-refractivity contribution in [3.8, 4) is 0 Å². The molecule has 2 N–H and O–H groups in total. The fourth-order valence-electron chi connectivity index (χ4n) is 2.77. The minimum absolute atomic E-state index is 0.0184. The van der Waals surface area contributed by atoms with Crippen LogP contribution < -0.4 is 10.6 Å². The maximum atomic E-state index is 12.4.